The first-order valence-corrected chi connectivity index (χ1v) is 9.47. The largest absolute Gasteiger partial charge is 0.331 e. The summed E-state index contributed by atoms with van der Waals surface area (Å²) in [6, 6.07) is 6.49. The minimum Gasteiger partial charge on any atom is -0.331 e. The fourth-order valence-corrected chi connectivity index (χ4v) is 3.87. The Bertz CT molecular complexity index is 763. The zero-order valence-electron chi connectivity index (χ0n) is 15.0. The topological polar surface area (TPSA) is 41.4 Å². The molecule has 26 heavy (non-hydrogen) atoms. The molecule has 138 valence electrons. The number of benzene rings is 1. The van der Waals surface area contributed by atoms with E-state index in [9.17, 15) is 9.18 Å². The predicted molar refractivity (Wildman–Crippen MR) is 96.9 cm³/mol. The second kappa shape index (κ2) is 7.58. The van der Waals surface area contributed by atoms with E-state index in [1.165, 1.54) is 37.8 Å². The minimum absolute atomic E-state index is 0.205. The first-order chi connectivity index (χ1) is 12.7. The van der Waals surface area contributed by atoms with E-state index in [1.54, 1.807) is 12.1 Å². The third-order valence-corrected chi connectivity index (χ3v) is 5.39. The summed E-state index contributed by atoms with van der Waals surface area (Å²) in [6.07, 6.45) is 6.80. The van der Waals surface area contributed by atoms with E-state index in [2.05, 4.69) is 10.00 Å². The van der Waals surface area contributed by atoms with Gasteiger partial charge in [0.05, 0.1) is 31.5 Å². The zero-order valence-corrected chi connectivity index (χ0v) is 15.0. The Kier molecular flexibility index (Phi) is 5.02. The highest BCUT2D eigenvalue weighted by Gasteiger charge is 2.28. The number of likely N-dealkylation sites (tertiary alicyclic amines) is 1. The average Bonchev–Trinajstić information content (AvgIpc) is 3.11. The highest BCUT2D eigenvalue weighted by molar-refractivity contribution is 5.78. The van der Waals surface area contributed by atoms with Gasteiger partial charge in [-0.15, -0.1) is 0 Å². The van der Waals surface area contributed by atoms with Gasteiger partial charge in [0, 0.05) is 12.1 Å². The van der Waals surface area contributed by atoms with Gasteiger partial charge < -0.3 is 4.90 Å². The van der Waals surface area contributed by atoms with Crippen LogP contribution in [0.25, 0.3) is 0 Å². The maximum atomic E-state index is 13.1. The molecule has 1 saturated heterocycles. The van der Waals surface area contributed by atoms with Gasteiger partial charge in [0.2, 0.25) is 5.91 Å². The van der Waals surface area contributed by atoms with Crippen LogP contribution in [0.15, 0.2) is 30.5 Å². The molecule has 0 saturated carbocycles. The molecule has 1 aromatic carbocycles. The molecular weight excluding hydrogens is 331 g/mol. The molecular formula is C20H25FN4O. The molecule has 0 bridgehead atoms. The number of nitrogens with zero attached hydrogens (tertiary/aromatic N) is 4. The number of carbonyl (C=O) groups is 1. The Hall–Kier alpha value is -2.21. The van der Waals surface area contributed by atoms with Crippen molar-refractivity contribution in [2.24, 2.45) is 0 Å². The minimum atomic E-state index is -0.232. The zero-order chi connectivity index (χ0) is 17.9. The number of aromatic nitrogens is 2. The van der Waals surface area contributed by atoms with Crippen molar-refractivity contribution in [3.05, 3.63) is 53.1 Å². The molecule has 4 rings (SSSR count). The van der Waals surface area contributed by atoms with Crippen molar-refractivity contribution < 1.29 is 9.18 Å². The third-order valence-electron chi connectivity index (χ3n) is 5.39. The maximum absolute atomic E-state index is 13.1. The molecule has 1 aromatic heterocycles. The summed E-state index contributed by atoms with van der Waals surface area (Å²) >= 11 is 0. The Morgan fingerprint density at radius 2 is 1.77 bits per heavy atom. The lowest BCUT2D eigenvalue weighted by Crippen LogP contribution is -2.38. The highest BCUT2D eigenvalue weighted by atomic mass is 19.1. The lowest BCUT2D eigenvalue weighted by atomic mass is 10.2. The summed E-state index contributed by atoms with van der Waals surface area (Å²) in [5.74, 6) is -0.0267. The fraction of sp³-hybridized carbons (Fsp3) is 0.500. The quantitative estimate of drug-likeness (QED) is 0.846. The number of hydrogen-bond donors (Lipinski definition) is 0. The van der Waals surface area contributed by atoms with Gasteiger partial charge in [0.25, 0.3) is 0 Å². The van der Waals surface area contributed by atoms with Crippen LogP contribution in [0.2, 0.25) is 0 Å². The van der Waals surface area contributed by atoms with Crippen LogP contribution >= 0.6 is 0 Å². The van der Waals surface area contributed by atoms with Crippen molar-refractivity contribution in [3.8, 4) is 0 Å². The van der Waals surface area contributed by atoms with E-state index in [-0.39, 0.29) is 11.7 Å². The summed E-state index contributed by atoms with van der Waals surface area (Å²) in [6.45, 7) is 4.45. The molecule has 0 spiro atoms. The lowest BCUT2D eigenvalue weighted by molar-refractivity contribution is -0.133. The molecule has 2 aromatic rings. The van der Waals surface area contributed by atoms with Gasteiger partial charge in [-0.1, -0.05) is 25.0 Å². The van der Waals surface area contributed by atoms with Gasteiger partial charge in [-0.25, -0.2) is 4.39 Å². The second-order valence-electron chi connectivity index (χ2n) is 7.34. The van der Waals surface area contributed by atoms with Crippen LogP contribution in [0, 0.1) is 5.82 Å². The molecule has 0 radical (unpaired) electrons. The summed E-state index contributed by atoms with van der Waals surface area (Å²) < 4.78 is 15.0. The highest BCUT2D eigenvalue weighted by Crippen LogP contribution is 2.24. The van der Waals surface area contributed by atoms with Gasteiger partial charge in [-0.3, -0.25) is 14.4 Å². The number of hydrogen-bond acceptors (Lipinski definition) is 3. The van der Waals surface area contributed by atoms with Crippen molar-refractivity contribution in [1.29, 1.82) is 0 Å². The van der Waals surface area contributed by atoms with E-state index in [4.69, 9.17) is 0 Å². The SMILES string of the molecule is O=C(CN1CCCCCC1)N1Cc2cnn(Cc3ccc(F)cc3)c2C1. The number of fused-ring (bicyclic) bond motifs is 1. The van der Waals surface area contributed by atoms with Gasteiger partial charge in [0.15, 0.2) is 0 Å². The van der Waals surface area contributed by atoms with Crippen LogP contribution in [-0.4, -0.2) is 45.1 Å². The molecule has 2 aliphatic heterocycles. The maximum Gasteiger partial charge on any atom is 0.237 e. The predicted octanol–water partition coefficient (Wildman–Crippen LogP) is 2.79. The van der Waals surface area contributed by atoms with E-state index >= 15 is 0 Å². The second-order valence-corrected chi connectivity index (χ2v) is 7.34. The Balaban J connectivity index is 1.38. The van der Waals surface area contributed by atoms with Crippen molar-refractivity contribution in [2.45, 2.75) is 45.3 Å². The molecule has 6 heteroatoms. The van der Waals surface area contributed by atoms with Crippen LogP contribution in [0.4, 0.5) is 4.39 Å². The summed E-state index contributed by atoms with van der Waals surface area (Å²) in [4.78, 5) is 16.9. The Labute approximate surface area is 153 Å². The first kappa shape index (κ1) is 17.2. The van der Waals surface area contributed by atoms with E-state index in [0.717, 1.165) is 29.9 Å². The van der Waals surface area contributed by atoms with E-state index in [0.29, 0.717) is 26.2 Å². The van der Waals surface area contributed by atoms with Crippen LogP contribution in [-0.2, 0) is 24.4 Å². The standard InChI is InChI=1S/C20H25FN4O/c21-18-7-5-16(6-8-18)12-25-19-14-24(13-17(19)11-22-25)20(26)15-23-9-3-1-2-4-10-23/h5-8,11H,1-4,9-10,12-15H2. The molecule has 0 atom stereocenters. The van der Waals surface area contributed by atoms with Gasteiger partial charge in [0.1, 0.15) is 5.82 Å². The monoisotopic (exact) mass is 356 g/mol. The molecule has 0 unspecified atom stereocenters. The number of amides is 1. The first-order valence-electron chi connectivity index (χ1n) is 9.47. The smallest absolute Gasteiger partial charge is 0.237 e. The van der Waals surface area contributed by atoms with Crippen molar-refractivity contribution in [3.63, 3.8) is 0 Å². The summed E-state index contributed by atoms with van der Waals surface area (Å²) in [5, 5.41) is 4.45. The van der Waals surface area contributed by atoms with Gasteiger partial charge in [-0.2, -0.15) is 5.10 Å². The average molecular weight is 356 g/mol. The normalized spacial score (nSPS) is 18.0. The number of carbonyl (C=O) groups excluding carboxylic acids is 1. The lowest BCUT2D eigenvalue weighted by Gasteiger charge is -2.23. The van der Waals surface area contributed by atoms with Crippen LogP contribution in [0.3, 0.4) is 0 Å². The molecule has 1 amide bonds. The van der Waals surface area contributed by atoms with Gasteiger partial charge >= 0.3 is 0 Å². The van der Waals surface area contributed by atoms with Crippen LogP contribution in [0.5, 0.6) is 0 Å². The molecule has 0 aliphatic carbocycles. The van der Waals surface area contributed by atoms with E-state index < -0.39 is 0 Å². The summed E-state index contributed by atoms with van der Waals surface area (Å²) in [5.41, 5.74) is 3.22. The molecule has 2 aliphatic rings. The third kappa shape index (κ3) is 3.80. The van der Waals surface area contributed by atoms with Crippen molar-refractivity contribution in [1.82, 2.24) is 19.6 Å². The number of rotatable bonds is 4. The Morgan fingerprint density at radius 3 is 2.50 bits per heavy atom. The van der Waals surface area contributed by atoms with Gasteiger partial charge in [-0.05, 0) is 43.6 Å². The summed E-state index contributed by atoms with van der Waals surface area (Å²) in [7, 11) is 0. The van der Waals surface area contributed by atoms with Crippen molar-refractivity contribution in [2.75, 3.05) is 19.6 Å². The van der Waals surface area contributed by atoms with E-state index in [1.807, 2.05) is 15.8 Å². The number of halogens is 1. The van der Waals surface area contributed by atoms with Crippen molar-refractivity contribution >= 4 is 5.91 Å². The Morgan fingerprint density at radius 1 is 1.04 bits per heavy atom. The molecule has 3 heterocycles. The molecule has 1 fully saturated rings. The molecule has 5 nitrogen and oxygen atoms in total. The van der Waals surface area contributed by atoms with Crippen LogP contribution in [0.1, 0.15) is 42.5 Å². The van der Waals surface area contributed by atoms with Crippen LogP contribution < -0.4 is 0 Å². The molecule has 0 N–H and O–H groups in total. The fourth-order valence-electron chi connectivity index (χ4n) is 3.87.